The first-order valence-electron chi connectivity index (χ1n) is 16.2. The zero-order chi connectivity index (χ0) is 31.6. The van der Waals surface area contributed by atoms with Gasteiger partial charge in [0.2, 0.25) is 5.91 Å². The van der Waals surface area contributed by atoms with Crippen LogP contribution in [0.2, 0.25) is 0 Å². The second kappa shape index (κ2) is 11.4. The molecular weight excluding hydrogens is 568 g/mol. The molecule has 0 radical (unpaired) electrons. The number of hydrogen-bond acceptors (Lipinski definition) is 8. The topological polar surface area (TPSA) is 131 Å². The average Bonchev–Trinajstić information content (AvgIpc) is 3.62. The van der Waals surface area contributed by atoms with Gasteiger partial charge in [0.05, 0.1) is 12.7 Å². The summed E-state index contributed by atoms with van der Waals surface area (Å²) in [4.78, 5) is 39.9. The van der Waals surface area contributed by atoms with E-state index in [1.807, 2.05) is 6.92 Å². The van der Waals surface area contributed by atoms with E-state index in [2.05, 4.69) is 26.1 Å². The van der Waals surface area contributed by atoms with Crippen molar-refractivity contribution in [2.24, 2.45) is 34.0 Å². The summed E-state index contributed by atoms with van der Waals surface area (Å²) in [6.45, 7) is 7.72. The third kappa shape index (κ3) is 5.16. The summed E-state index contributed by atoms with van der Waals surface area (Å²) >= 11 is 0. The van der Waals surface area contributed by atoms with Crippen LogP contribution >= 0.6 is 0 Å². The van der Waals surface area contributed by atoms with Crippen LogP contribution in [-0.4, -0.2) is 59.8 Å². The lowest BCUT2D eigenvalue weighted by Gasteiger charge is -2.62. The van der Waals surface area contributed by atoms with Crippen LogP contribution in [0.15, 0.2) is 12.1 Å². The van der Waals surface area contributed by atoms with Gasteiger partial charge in [-0.1, -0.05) is 33.8 Å². The molecule has 1 aromatic rings. The number of rotatable bonds is 8. The van der Waals surface area contributed by atoms with Crippen molar-refractivity contribution >= 4 is 30.2 Å². The summed E-state index contributed by atoms with van der Waals surface area (Å²) in [5.74, 6) is -2.07. The molecule has 1 aliphatic heterocycles. The number of carbonyl (C=O) groups is 3. The van der Waals surface area contributed by atoms with Crippen molar-refractivity contribution in [3.8, 4) is 5.75 Å². The molecule has 1 heterocycles. The minimum atomic E-state index is -1.40. The lowest BCUT2D eigenvalue weighted by molar-refractivity contribution is -0.213. The number of aliphatic hydroxyl groups is 1. The fourth-order valence-electron chi connectivity index (χ4n) is 9.23. The second-order valence-electron chi connectivity index (χ2n) is 14.8. The number of amides is 1. The van der Waals surface area contributed by atoms with E-state index in [0.717, 1.165) is 25.7 Å². The van der Waals surface area contributed by atoms with Gasteiger partial charge in [0.15, 0.2) is 18.2 Å². The van der Waals surface area contributed by atoms with E-state index < -0.39 is 54.0 Å². The molecule has 11 heteroatoms. The fourth-order valence-corrected chi connectivity index (χ4v) is 9.23. The lowest BCUT2D eigenvalue weighted by Crippen LogP contribution is -2.63. The number of carbonyl (C=O) groups excluding carboxylic acids is 3. The number of hydrogen-bond donors (Lipinski definition) is 3. The minimum Gasteiger partial charge on any atom is -0.479 e. The van der Waals surface area contributed by atoms with Crippen LogP contribution in [0.1, 0.15) is 91.0 Å². The summed E-state index contributed by atoms with van der Waals surface area (Å²) in [7, 11) is -1.40. The first-order chi connectivity index (χ1) is 20.8. The van der Waals surface area contributed by atoms with Gasteiger partial charge in [-0.25, -0.2) is 9.18 Å². The summed E-state index contributed by atoms with van der Waals surface area (Å²) in [6.07, 6.45) is 4.13. The van der Waals surface area contributed by atoms with Gasteiger partial charge in [0.1, 0.15) is 11.9 Å². The molecule has 1 aromatic carbocycles. The maximum Gasteiger partial charge on any atom is 0.494 e. The number of aliphatic hydroxyl groups excluding tert-OH is 1. The summed E-state index contributed by atoms with van der Waals surface area (Å²) < 4.78 is 32.0. The van der Waals surface area contributed by atoms with E-state index in [1.165, 1.54) is 6.07 Å². The number of benzene rings is 1. The van der Waals surface area contributed by atoms with E-state index in [-0.39, 0.29) is 66.1 Å². The second-order valence-corrected chi connectivity index (χ2v) is 14.8. The zero-order valence-electron chi connectivity index (χ0n) is 26.2. The molecule has 44 heavy (non-hydrogen) atoms. The predicted molar refractivity (Wildman–Crippen MR) is 159 cm³/mol. The highest BCUT2D eigenvalue weighted by Crippen LogP contribution is 2.68. The molecule has 0 aromatic heterocycles. The molecule has 240 valence electrons. The molecule has 6 rings (SSSR count). The smallest absolute Gasteiger partial charge is 0.479 e. The molecule has 2 bridgehead atoms. The monoisotopic (exact) mass is 613 g/mol. The summed E-state index contributed by atoms with van der Waals surface area (Å²) in [6, 6.07) is 3.23. The highest BCUT2D eigenvalue weighted by atomic mass is 19.1. The normalized spacial score (nSPS) is 37.9. The van der Waals surface area contributed by atoms with Gasteiger partial charge >= 0.3 is 13.1 Å². The Hall–Kier alpha value is -2.50. The molecule has 8 atom stereocenters. The fraction of sp³-hybridized carbons (Fsp3) is 0.727. The number of halogens is 1. The number of ether oxygens (including phenoxy) is 2. The van der Waals surface area contributed by atoms with Crippen molar-refractivity contribution < 1.29 is 43.0 Å². The van der Waals surface area contributed by atoms with Crippen LogP contribution < -0.4 is 15.5 Å². The Kier molecular flexibility index (Phi) is 8.15. The number of nitrogens with one attached hydrogen (secondary N) is 1. The Balaban J connectivity index is 1.28. The zero-order valence-corrected chi connectivity index (χ0v) is 26.2. The standard InChI is InChI=1S/C33H45BFNO8/c1-18-9-13-33-14-10-22(37)29(33)32(18,4)24(15-31(3,30(40)19(33)2)12-11-25(38)36-21-6-7-21)44-26(39)17-42-23-8-5-20-16-43-34(41)27(20)28(23)35/h5,8,18-19,21,24,29-30,40-41H,6-7,9-17H2,1-4H3,(H,36,38)/t18-,19+,24-,29?,30+,31-,32+,33+/m1/s1. The molecule has 5 aliphatic rings. The van der Waals surface area contributed by atoms with E-state index in [1.54, 1.807) is 6.07 Å². The minimum absolute atomic E-state index is 0.000101. The van der Waals surface area contributed by atoms with Crippen LogP contribution in [-0.2, 0) is 30.4 Å². The van der Waals surface area contributed by atoms with E-state index >= 15 is 4.39 Å². The Bertz CT molecular complexity index is 1340. The van der Waals surface area contributed by atoms with Crippen LogP contribution in [0.4, 0.5) is 4.39 Å². The van der Waals surface area contributed by atoms with Crippen LogP contribution in [0.3, 0.4) is 0 Å². The Morgan fingerprint density at radius 3 is 2.66 bits per heavy atom. The summed E-state index contributed by atoms with van der Waals surface area (Å²) in [5.41, 5.74) is -1.38. The van der Waals surface area contributed by atoms with Gasteiger partial charge < -0.3 is 29.6 Å². The van der Waals surface area contributed by atoms with E-state index in [4.69, 9.17) is 14.1 Å². The third-order valence-corrected chi connectivity index (χ3v) is 12.3. The Labute approximate surface area is 258 Å². The Morgan fingerprint density at radius 1 is 1.18 bits per heavy atom. The van der Waals surface area contributed by atoms with Crippen molar-refractivity contribution in [2.75, 3.05) is 6.61 Å². The van der Waals surface area contributed by atoms with Crippen LogP contribution in [0.5, 0.6) is 5.75 Å². The number of ketones is 1. The van der Waals surface area contributed by atoms with Gasteiger partial charge in [-0.2, -0.15) is 0 Å². The molecule has 4 saturated carbocycles. The Morgan fingerprint density at radius 2 is 1.93 bits per heavy atom. The van der Waals surface area contributed by atoms with Crippen molar-refractivity contribution in [3.63, 3.8) is 0 Å². The molecule has 1 unspecified atom stereocenters. The highest BCUT2D eigenvalue weighted by Gasteiger charge is 2.68. The van der Waals surface area contributed by atoms with Gasteiger partial charge in [-0.15, -0.1) is 0 Å². The van der Waals surface area contributed by atoms with Gasteiger partial charge in [-0.3, -0.25) is 9.59 Å². The van der Waals surface area contributed by atoms with Crippen molar-refractivity contribution in [1.29, 1.82) is 0 Å². The van der Waals surface area contributed by atoms with Gasteiger partial charge in [0, 0.05) is 35.7 Å². The molecule has 1 amide bonds. The van der Waals surface area contributed by atoms with Crippen LogP contribution in [0.25, 0.3) is 0 Å². The van der Waals surface area contributed by atoms with Gasteiger partial charge in [0.25, 0.3) is 0 Å². The number of fused-ring (bicyclic) bond motifs is 1. The summed E-state index contributed by atoms with van der Waals surface area (Å²) in [5, 5.41) is 25.1. The number of Topliss-reactive ketones (excluding diaryl/α,β-unsaturated/α-hetero) is 1. The first kappa shape index (κ1) is 31.5. The first-order valence-corrected chi connectivity index (χ1v) is 16.2. The van der Waals surface area contributed by atoms with Gasteiger partial charge in [-0.05, 0) is 79.2 Å². The van der Waals surface area contributed by atoms with Crippen molar-refractivity contribution in [3.05, 3.63) is 23.5 Å². The maximum atomic E-state index is 15.1. The lowest BCUT2D eigenvalue weighted by atomic mass is 9.43. The SMILES string of the molecule is C[C@@H]1CC[C@@]23CCC(=O)C2[C@]1(C)[C@H](OC(=O)COc1ccc2c(c1F)B(O)OC2)C[C@@](C)(CCC(=O)NC1CC1)[C@@H](O)[C@@H]3C. The molecule has 0 spiro atoms. The van der Waals surface area contributed by atoms with E-state index in [9.17, 15) is 24.5 Å². The molecule has 9 nitrogen and oxygen atoms in total. The molecular formula is C33H45BFNO8. The van der Waals surface area contributed by atoms with E-state index in [0.29, 0.717) is 24.8 Å². The maximum absolute atomic E-state index is 15.1. The van der Waals surface area contributed by atoms with Crippen molar-refractivity contribution in [2.45, 2.75) is 110 Å². The average molecular weight is 614 g/mol. The third-order valence-electron chi connectivity index (χ3n) is 12.3. The predicted octanol–water partition coefficient (Wildman–Crippen LogP) is 3.20. The number of esters is 1. The van der Waals surface area contributed by atoms with Crippen LogP contribution in [0, 0.1) is 39.8 Å². The molecule has 0 saturated heterocycles. The quantitative estimate of drug-likeness (QED) is 0.301. The molecule has 4 aliphatic carbocycles. The molecule has 4 fully saturated rings. The molecule has 3 N–H and O–H groups in total. The van der Waals surface area contributed by atoms with Crippen molar-refractivity contribution in [1.82, 2.24) is 5.32 Å². The highest BCUT2D eigenvalue weighted by molar-refractivity contribution is 6.61. The largest absolute Gasteiger partial charge is 0.494 e.